The Morgan fingerprint density at radius 2 is 2.00 bits per heavy atom. The highest BCUT2D eigenvalue weighted by Gasteiger charge is 2.06. The lowest BCUT2D eigenvalue weighted by Crippen LogP contribution is -2.43. The van der Waals surface area contributed by atoms with Crippen molar-refractivity contribution in [3.63, 3.8) is 0 Å². The predicted octanol–water partition coefficient (Wildman–Crippen LogP) is 1.25. The highest BCUT2D eigenvalue weighted by molar-refractivity contribution is 4.81. The summed E-state index contributed by atoms with van der Waals surface area (Å²) >= 11 is 0. The molecule has 1 aliphatic heterocycles. The van der Waals surface area contributed by atoms with Crippen molar-refractivity contribution in [2.45, 2.75) is 19.8 Å². The first kappa shape index (κ1) is 9.75. The first-order chi connectivity index (χ1) is 5.93. The van der Waals surface area contributed by atoms with Crippen LogP contribution in [0.25, 0.3) is 0 Å². The number of allylic oxidation sites excluding steroid dienone is 1. The van der Waals surface area contributed by atoms with Gasteiger partial charge in [0.2, 0.25) is 0 Å². The summed E-state index contributed by atoms with van der Waals surface area (Å²) in [6, 6.07) is 0. The normalized spacial score (nSPS) is 20.4. The summed E-state index contributed by atoms with van der Waals surface area (Å²) in [5.41, 5.74) is 0. The van der Waals surface area contributed by atoms with Crippen molar-refractivity contribution in [1.29, 1.82) is 0 Å². The third kappa shape index (κ3) is 3.88. The van der Waals surface area contributed by atoms with Gasteiger partial charge in [0.1, 0.15) is 0 Å². The molecular formula is C10H20N2. The van der Waals surface area contributed by atoms with Crippen LogP contribution in [0.4, 0.5) is 0 Å². The van der Waals surface area contributed by atoms with Crippen molar-refractivity contribution >= 4 is 0 Å². The fraction of sp³-hybridized carbons (Fsp3) is 0.800. The zero-order valence-electron chi connectivity index (χ0n) is 8.05. The zero-order valence-corrected chi connectivity index (χ0v) is 8.05. The minimum atomic E-state index is 1.16. The fourth-order valence-electron chi connectivity index (χ4n) is 1.48. The molecule has 0 unspecified atom stereocenters. The van der Waals surface area contributed by atoms with Crippen LogP contribution >= 0.6 is 0 Å². The van der Waals surface area contributed by atoms with Crippen molar-refractivity contribution < 1.29 is 0 Å². The maximum absolute atomic E-state index is 3.36. The molecule has 0 aromatic carbocycles. The lowest BCUT2D eigenvalue weighted by Gasteiger charge is -2.26. The summed E-state index contributed by atoms with van der Waals surface area (Å²) < 4.78 is 0. The summed E-state index contributed by atoms with van der Waals surface area (Å²) in [6.45, 7) is 8.19. The monoisotopic (exact) mass is 168 g/mol. The van der Waals surface area contributed by atoms with E-state index in [0.29, 0.717) is 0 Å². The van der Waals surface area contributed by atoms with E-state index in [1.807, 2.05) is 0 Å². The molecule has 1 aliphatic rings. The minimum Gasteiger partial charge on any atom is -0.314 e. The lowest BCUT2D eigenvalue weighted by atomic mass is 10.3. The van der Waals surface area contributed by atoms with E-state index in [-0.39, 0.29) is 0 Å². The Kier molecular flexibility index (Phi) is 5.04. The number of hydrogen-bond donors (Lipinski definition) is 1. The Bertz CT molecular complexity index is 126. The van der Waals surface area contributed by atoms with Gasteiger partial charge in [-0.05, 0) is 12.8 Å². The van der Waals surface area contributed by atoms with Gasteiger partial charge in [0.25, 0.3) is 0 Å². The van der Waals surface area contributed by atoms with Crippen molar-refractivity contribution in [3.8, 4) is 0 Å². The highest BCUT2D eigenvalue weighted by Crippen LogP contribution is 1.95. The van der Waals surface area contributed by atoms with Crippen LogP contribution < -0.4 is 5.32 Å². The molecule has 0 aromatic rings. The largest absolute Gasteiger partial charge is 0.314 e. The van der Waals surface area contributed by atoms with E-state index in [9.17, 15) is 0 Å². The number of hydrogen-bond acceptors (Lipinski definition) is 2. The van der Waals surface area contributed by atoms with Gasteiger partial charge in [0, 0.05) is 32.7 Å². The first-order valence-electron chi connectivity index (χ1n) is 5.01. The fourth-order valence-corrected chi connectivity index (χ4v) is 1.48. The molecule has 70 valence electrons. The minimum absolute atomic E-state index is 1.16. The number of nitrogens with one attached hydrogen (secondary N) is 1. The van der Waals surface area contributed by atoms with E-state index < -0.39 is 0 Å². The second kappa shape index (κ2) is 6.21. The number of nitrogens with zero attached hydrogens (tertiary/aromatic N) is 1. The van der Waals surface area contributed by atoms with Gasteiger partial charge in [-0.25, -0.2) is 0 Å². The van der Waals surface area contributed by atoms with Crippen molar-refractivity contribution in [1.82, 2.24) is 10.2 Å². The van der Waals surface area contributed by atoms with E-state index in [4.69, 9.17) is 0 Å². The molecule has 0 aromatic heterocycles. The third-order valence-electron chi connectivity index (χ3n) is 2.22. The van der Waals surface area contributed by atoms with Gasteiger partial charge in [-0.3, -0.25) is 0 Å². The van der Waals surface area contributed by atoms with Gasteiger partial charge in [-0.1, -0.05) is 19.1 Å². The summed E-state index contributed by atoms with van der Waals surface area (Å²) in [5.74, 6) is 0. The van der Waals surface area contributed by atoms with Crippen LogP contribution in [0.2, 0.25) is 0 Å². The third-order valence-corrected chi connectivity index (χ3v) is 2.22. The van der Waals surface area contributed by atoms with Crippen molar-refractivity contribution in [2.75, 3.05) is 32.7 Å². The first-order valence-corrected chi connectivity index (χ1v) is 5.01. The van der Waals surface area contributed by atoms with Gasteiger partial charge in [0.15, 0.2) is 0 Å². The second-order valence-electron chi connectivity index (χ2n) is 3.26. The maximum Gasteiger partial charge on any atom is 0.0107 e. The Balaban J connectivity index is 2.01. The molecule has 1 N–H and O–H groups in total. The van der Waals surface area contributed by atoms with Gasteiger partial charge in [-0.15, -0.1) is 0 Å². The number of rotatable bonds is 4. The second-order valence-corrected chi connectivity index (χ2v) is 3.26. The zero-order chi connectivity index (χ0) is 8.65. The summed E-state index contributed by atoms with van der Waals surface area (Å²) in [4.78, 5) is 2.52. The Morgan fingerprint density at radius 3 is 2.67 bits per heavy atom. The molecule has 1 heterocycles. The Morgan fingerprint density at radius 1 is 1.25 bits per heavy atom. The van der Waals surface area contributed by atoms with Crippen molar-refractivity contribution in [3.05, 3.63) is 12.2 Å². The molecule has 1 saturated heterocycles. The Labute approximate surface area is 75.6 Å². The van der Waals surface area contributed by atoms with Gasteiger partial charge < -0.3 is 10.2 Å². The van der Waals surface area contributed by atoms with Crippen LogP contribution in [0.1, 0.15) is 19.8 Å². The molecule has 2 nitrogen and oxygen atoms in total. The molecule has 0 bridgehead atoms. The lowest BCUT2D eigenvalue weighted by molar-refractivity contribution is 0.245. The van der Waals surface area contributed by atoms with E-state index in [0.717, 1.165) is 13.1 Å². The molecule has 0 saturated carbocycles. The summed E-state index contributed by atoms with van der Waals surface area (Å²) in [7, 11) is 0. The summed E-state index contributed by atoms with van der Waals surface area (Å²) in [5, 5.41) is 3.36. The molecule has 0 spiro atoms. The van der Waals surface area contributed by atoms with E-state index in [2.05, 4.69) is 29.3 Å². The highest BCUT2D eigenvalue weighted by atomic mass is 15.2. The van der Waals surface area contributed by atoms with Crippen LogP contribution in [0, 0.1) is 0 Å². The van der Waals surface area contributed by atoms with Gasteiger partial charge in [-0.2, -0.15) is 0 Å². The average molecular weight is 168 g/mol. The van der Waals surface area contributed by atoms with E-state index in [1.54, 1.807) is 0 Å². The molecule has 0 radical (unpaired) electrons. The molecule has 1 rings (SSSR count). The van der Waals surface area contributed by atoms with Gasteiger partial charge in [0.05, 0.1) is 0 Å². The topological polar surface area (TPSA) is 15.3 Å². The van der Waals surface area contributed by atoms with Gasteiger partial charge >= 0.3 is 0 Å². The maximum atomic E-state index is 3.36. The molecule has 0 aliphatic carbocycles. The number of piperazine rings is 1. The Hall–Kier alpha value is -0.340. The van der Waals surface area contributed by atoms with Crippen LogP contribution in [0.15, 0.2) is 12.2 Å². The molecule has 1 fully saturated rings. The smallest absolute Gasteiger partial charge is 0.0107 e. The quantitative estimate of drug-likeness (QED) is 0.636. The van der Waals surface area contributed by atoms with E-state index in [1.165, 1.54) is 32.5 Å². The van der Waals surface area contributed by atoms with Crippen LogP contribution in [-0.2, 0) is 0 Å². The van der Waals surface area contributed by atoms with Crippen LogP contribution in [-0.4, -0.2) is 37.6 Å². The van der Waals surface area contributed by atoms with Crippen LogP contribution in [0.3, 0.4) is 0 Å². The molecule has 12 heavy (non-hydrogen) atoms. The molecule has 2 heteroatoms. The average Bonchev–Trinajstić information content (AvgIpc) is 2.14. The van der Waals surface area contributed by atoms with E-state index >= 15 is 0 Å². The predicted molar refractivity (Wildman–Crippen MR) is 53.4 cm³/mol. The standard InChI is InChI=1S/C10H20N2/c1-2-3-4-5-8-12-9-6-11-7-10-12/h3-4,11H,2,5-10H2,1H3/b4-3+. The SMILES string of the molecule is CC/C=C/CCN1CCNCC1. The van der Waals surface area contributed by atoms with Crippen LogP contribution in [0.5, 0.6) is 0 Å². The van der Waals surface area contributed by atoms with Crippen molar-refractivity contribution in [2.24, 2.45) is 0 Å². The molecule has 0 atom stereocenters. The summed E-state index contributed by atoms with van der Waals surface area (Å²) in [6.07, 6.45) is 6.93. The molecular weight excluding hydrogens is 148 g/mol. The molecule has 0 amide bonds.